The number of nitrogens with zero attached hydrogens (tertiary/aromatic N) is 2. The van der Waals surface area contributed by atoms with Crippen molar-refractivity contribution in [3.05, 3.63) is 62.5 Å². The number of benzene rings is 1. The van der Waals surface area contributed by atoms with Crippen molar-refractivity contribution in [2.75, 3.05) is 20.3 Å². The highest BCUT2D eigenvalue weighted by Crippen LogP contribution is 2.40. The van der Waals surface area contributed by atoms with Crippen molar-refractivity contribution in [1.82, 2.24) is 10.3 Å². The number of hydrogen-bond donors (Lipinski definition) is 1. The van der Waals surface area contributed by atoms with Crippen LogP contribution in [-0.4, -0.2) is 37.1 Å². The molecular formula is C20H19ClFN3O3S. The highest BCUT2D eigenvalue weighted by molar-refractivity contribution is 7.11. The minimum absolute atomic E-state index is 0.0538. The lowest BCUT2D eigenvalue weighted by atomic mass is 9.87. The monoisotopic (exact) mass is 435 g/mol. The number of carbonyl (C=O) groups is 1. The van der Waals surface area contributed by atoms with Gasteiger partial charge in [-0.05, 0) is 18.9 Å². The molecule has 2 aromatic rings. The molecule has 29 heavy (non-hydrogen) atoms. The fourth-order valence-corrected chi connectivity index (χ4v) is 4.43. The third-order valence-corrected chi connectivity index (χ3v) is 6.20. The second-order valence-electron chi connectivity index (χ2n) is 6.69. The first kappa shape index (κ1) is 20.0. The zero-order valence-corrected chi connectivity index (χ0v) is 17.2. The number of thiazole rings is 1. The number of aromatic nitrogens is 1. The number of nitrogens with one attached hydrogen (secondary N) is 1. The Labute approximate surface area is 176 Å². The molecule has 6 nitrogen and oxygen atoms in total. The Bertz CT molecular complexity index is 971. The summed E-state index contributed by atoms with van der Waals surface area (Å²) in [7, 11) is 1.32. The summed E-state index contributed by atoms with van der Waals surface area (Å²) in [6.07, 6.45) is 3.18. The molecule has 0 radical (unpaired) electrons. The molecule has 1 saturated heterocycles. The van der Waals surface area contributed by atoms with Gasteiger partial charge in [0.05, 0.1) is 17.7 Å². The van der Waals surface area contributed by atoms with Gasteiger partial charge in [-0.3, -0.25) is 4.99 Å². The first-order valence-electron chi connectivity index (χ1n) is 9.19. The molecule has 9 heteroatoms. The van der Waals surface area contributed by atoms with E-state index in [1.807, 2.05) is 5.38 Å². The molecule has 1 atom stereocenters. The van der Waals surface area contributed by atoms with Crippen LogP contribution >= 0.6 is 22.9 Å². The van der Waals surface area contributed by atoms with Crippen molar-refractivity contribution < 1.29 is 18.7 Å². The van der Waals surface area contributed by atoms with Gasteiger partial charge in [0.25, 0.3) is 0 Å². The van der Waals surface area contributed by atoms with Crippen LogP contribution in [0.1, 0.15) is 29.5 Å². The Balaban J connectivity index is 1.89. The van der Waals surface area contributed by atoms with Crippen LogP contribution in [0.4, 0.5) is 4.39 Å². The normalized spacial score (nSPS) is 20.2. The maximum Gasteiger partial charge on any atom is 0.338 e. The molecule has 0 amide bonds. The fraction of sp³-hybridized carbons (Fsp3) is 0.350. The van der Waals surface area contributed by atoms with Gasteiger partial charge in [-0.1, -0.05) is 23.7 Å². The Kier molecular flexibility index (Phi) is 5.94. The second kappa shape index (κ2) is 8.61. The highest BCUT2D eigenvalue weighted by atomic mass is 35.5. The molecule has 1 N–H and O–H groups in total. The summed E-state index contributed by atoms with van der Waals surface area (Å²) in [5, 5.41) is 5.77. The summed E-state index contributed by atoms with van der Waals surface area (Å²) in [6, 6.07) is 3.71. The van der Waals surface area contributed by atoms with Gasteiger partial charge in [-0.25, -0.2) is 14.2 Å². The predicted octanol–water partition coefficient (Wildman–Crippen LogP) is 3.88. The van der Waals surface area contributed by atoms with Crippen LogP contribution in [0.2, 0.25) is 5.02 Å². The molecule has 2 aliphatic rings. The number of allylic oxidation sites excluding steroid dienone is 1. The molecule has 1 fully saturated rings. The Morgan fingerprint density at radius 3 is 2.86 bits per heavy atom. The zero-order valence-electron chi connectivity index (χ0n) is 15.7. The average Bonchev–Trinajstić information content (AvgIpc) is 3.30. The van der Waals surface area contributed by atoms with Crippen LogP contribution in [0.3, 0.4) is 0 Å². The van der Waals surface area contributed by atoms with Crippen molar-refractivity contribution in [1.29, 1.82) is 0 Å². The van der Waals surface area contributed by atoms with Crippen molar-refractivity contribution in [2.24, 2.45) is 10.9 Å². The van der Waals surface area contributed by atoms with Gasteiger partial charge in [0.15, 0.2) is 10.8 Å². The molecular weight excluding hydrogens is 417 g/mol. The molecule has 4 rings (SSSR count). The van der Waals surface area contributed by atoms with Crippen LogP contribution in [0.15, 0.2) is 46.0 Å². The quantitative estimate of drug-likeness (QED) is 0.738. The van der Waals surface area contributed by atoms with Crippen LogP contribution < -0.4 is 5.32 Å². The molecule has 0 spiro atoms. The smallest absolute Gasteiger partial charge is 0.338 e. The summed E-state index contributed by atoms with van der Waals surface area (Å²) in [4.78, 5) is 21.9. The molecule has 0 saturated carbocycles. The van der Waals surface area contributed by atoms with Crippen molar-refractivity contribution in [2.45, 2.75) is 18.9 Å². The Hall–Kier alpha value is -2.29. The third kappa shape index (κ3) is 3.92. The molecule has 152 valence electrons. The highest BCUT2D eigenvalue weighted by Gasteiger charge is 2.37. The fourth-order valence-electron chi connectivity index (χ4n) is 3.61. The van der Waals surface area contributed by atoms with Crippen molar-refractivity contribution in [3.63, 3.8) is 0 Å². The predicted molar refractivity (Wildman–Crippen MR) is 109 cm³/mol. The van der Waals surface area contributed by atoms with Gasteiger partial charge in [-0.2, -0.15) is 0 Å². The minimum atomic E-state index is -0.802. The molecule has 2 aliphatic heterocycles. The van der Waals surface area contributed by atoms with Gasteiger partial charge >= 0.3 is 5.97 Å². The van der Waals surface area contributed by atoms with E-state index in [0.717, 1.165) is 12.8 Å². The maximum absolute atomic E-state index is 14.2. The minimum Gasteiger partial charge on any atom is -0.466 e. The summed E-state index contributed by atoms with van der Waals surface area (Å²) in [5.74, 6) is -0.505. The first-order valence-corrected chi connectivity index (χ1v) is 10.4. The lowest BCUT2D eigenvalue weighted by Gasteiger charge is -2.33. The second-order valence-corrected chi connectivity index (χ2v) is 7.96. The molecule has 0 aliphatic carbocycles. The van der Waals surface area contributed by atoms with E-state index in [1.54, 1.807) is 18.3 Å². The number of rotatable bonds is 4. The number of methoxy groups -OCH3 is 1. The number of amidine groups is 1. The maximum atomic E-state index is 14.2. The standard InChI is InChI=1S/C20H19ClFN3O3S/c1-27-20(26)14-16(11-5-8-28-9-6-11)24-18(19-23-7-10-29-19)25-17(14)12-3-2-4-13(22)15(12)21/h2-4,7,10-11,17H,5-6,8-9H2,1H3,(H,24,25). The van der Waals surface area contributed by atoms with E-state index in [9.17, 15) is 9.18 Å². The van der Waals surface area contributed by atoms with Crippen molar-refractivity contribution in [3.8, 4) is 0 Å². The van der Waals surface area contributed by atoms with Crippen LogP contribution in [-0.2, 0) is 14.3 Å². The number of ether oxygens (including phenoxy) is 2. The topological polar surface area (TPSA) is 72.8 Å². The van der Waals surface area contributed by atoms with Crippen molar-refractivity contribution >= 4 is 34.7 Å². The summed E-state index contributed by atoms with van der Waals surface area (Å²) < 4.78 is 24.8. The number of halogens is 2. The number of hydrogen-bond acceptors (Lipinski definition) is 7. The molecule has 1 unspecified atom stereocenters. The van der Waals surface area contributed by atoms with Gasteiger partial charge < -0.3 is 14.8 Å². The molecule has 3 heterocycles. The summed E-state index contributed by atoms with van der Waals surface area (Å²) >= 11 is 7.70. The number of aliphatic imine (C=N–C) groups is 1. The van der Waals surface area contributed by atoms with E-state index in [1.165, 1.54) is 24.5 Å². The SMILES string of the molecule is COC(=O)C1=C(C2CCOCC2)NC(c2nccs2)=NC1c1cccc(F)c1Cl. The average molecular weight is 436 g/mol. The van der Waals surface area contributed by atoms with Gasteiger partial charge in [0.1, 0.15) is 11.9 Å². The van der Waals surface area contributed by atoms with E-state index in [0.29, 0.717) is 40.9 Å². The first-order chi connectivity index (χ1) is 14.1. The third-order valence-electron chi connectivity index (χ3n) is 5.02. The van der Waals surface area contributed by atoms with Gasteiger partial charge in [-0.15, -0.1) is 11.3 Å². The van der Waals surface area contributed by atoms with E-state index in [-0.39, 0.29) is 10.9 Å². The summed E-state index contributed by atoms with van der Waals surface area (Å²) in [5.41, 5.74) is 1.46. The van der Waals surface area contributed by atoms with Gasteiger partial charge in [0, 0.05) is 42.0 Å². The van der Waals surface area contributed by atoms with E-state index in [4.69, 9.17) is 26.1 Å². The van der Waals surface area contributed by atoms with E-state index in [2.05, 4.69) is 10.3 Å². The zero-order chi connectivity index (χ0) is 20.4. The van der Waals surface area contributed by atoms with E-state index >= 15 is 0 Å². The van der Waals surface area contributed by atoms with Crippen LogP contribution in [0, 0.1) is 11.7 Å². The number of carbonyl (C=O) groups excluding carboxylic acids is 1. The molecule has 1 aromatic carbocycles. The van der Waals surface area contributed by atoms with Crippen LogP contribution in [0.5, 0.6) is 0 Å². The molecule has 0 bridgehead atoms. The largest absolute Gasteiger partial charge is 0.466 e. The van der Waals surface area contributed by atoms with Gasteiger partial charge in [0.2, 0.25) is 0 Å². The van der Waals surface area contributed by atoms with E-state index < -0.39 is 17.8 Å². The lowest BCUT2D eigenvalue weighted by molar-refractivity contribution is -0.136. The Morgan fingerprint density at radius 1 is 1.38 bits per heavy atom. The molecule has 1 aromatic heterocycles. The lowest BCUT2D eigenvalue weighted by Crippen LogP contribution is -2.38. The van der Waals surface area contributed by atoms with Crippen LogP contribution in [0.25, 0.3) is 0 Å². The Morgan fingerprint density at radius 2 is 2.17 bits per heavy atom. The number of esters is 1. The summed E-state index contributed by atoms with van der Waals surface area (Å²) in [6.45, 7) is 1.19.